The van der Waals surface area contributed by atoms with Gasteiger partial charge in [-0.05, 0) is 34.9 Å². The van der Waals surface area contributed by atoms with Crippen LogP contribution in [0.1, 0.15) is 20.8 Å². The van der Waals surface area contributed by atoms with Crippen molar-refractivity contribution in [1.82, 2.24) is 4.90 Å². The molecule has 0 unspecified atom stereocenters. The van der Waals surface area contributed by atoms with Crippen molar-refractivity contribution in [2.45, 2.75) is 32.0 Å². The summed E-state index contributed by atoms with van der Waals surface area (Å²) in [5, 5.41) is 0. The van der Waals surface area contributed by atoms with E-state index in [1.54, 1.807) is 0 Å². The molecule has 0 aromatic heterocycles. The fourth-order valence-corrected chi connectivity index (χ4v) is 0.482. The molecule has 0 saturated heterocycles. The molecule has 3 heteroatoms. The van der Waals surface area contributed by atoms with Gasteiger partial charge in [0.15, 0.2) is 0 Å². The molecule has 0 bridgehead atoms. The van der Waals surface area contributed by atoms with Crippen LogP contribution in [-0.2, 0) is 0 Å². The van der Waals surface area contributed by atoms with Crippen molar-refractivity contribution in [3.8, 4) is 0 Å². The van der Waals surface area contributed by atoms with Crippen LogP contribution in [-0.4, -0.2) is 30.2 Å². The average Bonchev–Trinajstić information content (AvgIpc) is 1.62. The summed E-state index contributed by atoms with van der Waals surface area (Å²) in [6.07, 6.45) is 0. The molecule has 0 rings (SSSR count). The first-order valence-electron chi connectivity index (χ1n) is 3.45. The lowest BCUT2D eigenvalue weighted by atomic mass is 9.89. The molecule has 0 aromatic rings. The van der Waals surface area contributed by atoms with Crippen molar-refractivity contribution >= 4 is 0 Å². The summed E-state index contributed by atoms with van der Waals surface area (Å²) >= 11 is 0. The third kappa shape index (κ3) is 1.68. The second kappa shape index (κ2) is 2.49. The molecule has 0 aliphatic rings. The van der Waals surface area contributed by atoms with E-state index in [0.29, 0.717) is 0 Å². The second-order valence-electron chi connectivity index (χ2n) is 3.74. The lowest BCUT2D eigenvalue weighted by Gasteiger charge is -2.43. The standard InChI is InChI=1S/C7H19N3/c1-6(2,10(4)5)7(3,8)9/h8-9H2,1-5H3. The van der Waals surface area contributed by atoms with Crippen molar-refractivity contribution in [2.75, 3.05) is 14.1 Å². The lowest BCUT2D eigenvalue weighted by Crippen LogP contribution is -2.67. The Morgan fingerprint density at radius 3 is 1.30 bits per heavy atom. The predicted molar refractivity (Wildman–Crippen MR) is 44.5 cm³/mol. The maximum absolute atomic E-state index is 5.75. The molecule has 0 amide bonds. The Hall–Kier alpha value is -0.120. The van der Waals surface area contributed by atoms with Crippen LogP contribution in [0.4, 0.5) is 0 Å². The van der Waals surface area contributed by atoms with Gasteiger partial charge in [0.25, 0.3) is 0 Å². The summed E-state index contributed by atoms with van der Waals surface area (Å²) in [7, 11) is 3.94. The number of rotatable bonds is 2. The fraction of sp³-hybridized carbons (Fsp3) is 1.00. The number of hydrogen-bond acceptors (Lipinski definition) is 3. The Balaban J connectivity index is 4.40. The van der Waals surface area contributed by atoms with Gasteiger partial charge < -0.3 is 16.4 Å². The summed E-state index contributed by atoms with van der Waals surface area (Å²) in [6.45, 7) is 5.87. The highest BCUT2D eigenvalue weighted by Gasteiger charge is 2.35. The molecule has 10 heavy (non-hydrogen) atoms. The Bertz CT molecular complexity index is 111. The molecule has 0 aliphatic carbocycles. The number of likely N-dealkylation sites (N-methyl/N-ethyl adjacent to an activating group) is 1. The first-order chi connectivity index (χ1) is 4.19. The third-order valence-electron chi connectivity index (χ3n) is 2.44. The van der Waals surface area contributed by atoms with E-state index in [1.165, 1.54) is 0 Å². The van der Waals surface area contributed by atoms with E-state index in [2.05, 4.69) is 0 Å². The van der Waals surface area contributed by atoms with Crippen LogP contribution >= 0.6 is 0 Å². The van der Waals surface area contributed by atoms with E-state index in [0.717, 1.165) is 0 Å². The quantitative estimate of drug-likeness (QED) is 0.536. The molecule has 0 aliphatic heterocycles. The number of nitrogens with two attached hydrogens (primary N) is 2. The highest BCUT2D eigenvalue weighted by molar-refractivity contribution is 4.95. The van der Waals surface area contributed by atoms with Crippen molar-refractivity contribution in [2.24, 2.45) is 11.5 Å². The first kappa shape index (κ1) is 9.88. The summed E-state index contributed by atoms with van der Waals surface area (Å²) in [5.74, 6) is 0. The van der Waals surface area contributed by atoms with E-state index < -0.39 is 5.66 Å². The number of hydrogen-bond donors (Lipinski definition) is 2. The van der Waals surface area contributed by atoms with Crippen LogP contribution in [0.2, 0.25) is 0 Å². The monoisotopic (exact) mass is 145 g/mol. The van der Waals surface area contributed by atoms with E-state index in [-0.39, 0.29) is 5.54 Å². The maximum Gasteiger partial charge on any atom is 0.0791 e. The highest BCUT2D eigenvalue weighted by Crippen LogP contribution is 2.18. The van der Waals surface area contributed by atoms with Crippen LogP contribution in [0.3, 0.4) is 0 Å². The summed E-state index contributed by atoms with van der Waals surface area (Å²) in [4.78, 5) is 2.02. The Labute approximate surface area is 63.4 Å². The summed E-state index contributed by atoms with van der Waals surface area (Å²) in [6, 6.07) is 0. The van der Waals surface area contributed by atoms with Crippen molar-refractivity contribution in [3.63, 3.8) is 0 Å². The zero-order chi connectivity index (χ0) is 8.58. The summed E-state index contributed by atoms with van der Waals surface area (Å²) in [5.41, 5.74) is 10.7. The molecule has 0 radical (unpaired) electrons. The van der Waals surface area contributed by atoms with E-state index >= 15 is 0 Å². The van der Waals surface area contributed by atoms with Crippen molar-refractivity contribution in [3.05, 3.63) is 0 Å². The van der Waals surface area contributed by atoms with Gasteiger partial charge >= 0.3 is 0 Å². The molecule has 62 valence electrons. The van der Waals surface area contributed by atoms with E-state index in [9.17, 15) is 0 Å². The van der Waals surface area contributed by atoms with Gasteiger partial charge in [0.2, 0.25) is 0 Å². The van der Waals surface area contributed by atoms with Crippen LogP contribution in [0.5, 0.6) is 0 Å². The largest absolute Gasteiger partial charge is 0.312 e. The maximum atomic E-state index is 5.75. The highest BCUT2D eigenvalue weighted by atomic mass is 15.2. The Morgan fingerprint density at radius 1 is 1.00 bits per heavy atom. The van der Waals surface area contributed by atoms with Gasteiger partial charge in [-0.25, -0.2) is 0 Å². The van der Waals surface area contributed by atoms with Gasteiger partial charge in [0, 0.05) is 5.54 Å². The van der Waals surface area contributed by atoms with Gasteiger partial charge in [0.05, 0.1) is 5.66 Å². The molecule has 0 spiro atoms. The van der Waals surface area contributed by atoms with Gasteiger partial charge in [-0.15, -0.1) is 0 Å². The van der Waals surface area contributed by atoms with Gasteiger partial charge in [-0.1, -0.05) is 0 Å². The molecule has 0 saturated carbocycles. The lowest BCUT2D eigenvalue weighted by molar-refractivity contribution is 0.104. The zero-order valence-corrected chi connectivity index (χ0v) is 7.60. The molecule has 0 heterocycles. The Kier molecular flexibility index (Phi) is 2.46. The van der Waals surface area contributed by atoms with Gasteiger partial charge in [0.1, 0.15) is 0 Å². The van der Waals surface area contributed by atoms with Crippen LogP contribution in [0, 0.1) is 0 Å². The molecule has 0 fully saturated rings. The molecule has 0 aromatic carbocycles. The van der Waals surface area contributed by atoms with Crippen molar-refractivity contribution < 1.29 is 0 Å². The Morgan fingerprint density at radius 2 is 1.30 bits per heavy atom. The fourth-order valence-electron chi connectivity index (χ4n) is 0.482. The van der Waals surface area contributed by atoms with Gasteiger partial charge in [-0.3, -0.25) is 0 Å². The van der Waals surface area contributed by atoms with Crippen LogP contribution in [0.25, 0.3) is 0 Å². The topological polar surface area (TPSA) is 55.3 Å². The first-order valence-corrected chi connectivity index (χ1v) is 3.45. The van der Waals surface area contributed by atoms with Crippen LogP contribution < -0.4 is 11.5 Å². The molecule has 3 nitrogen and oxygen atoms in total. The SMILES string of the molecule is CN(C)C(C)(C)C(C)(N)N. The molecule has 0 atom stereocenters. The third-order valence-corrected chi connectivity index (χ3v) is 2.44. The minimum atomic E-state index is -0.656. The predicted octanol–water partition coefficient (Wildman–Crippen LogP) is -0.0398. The normalized spacial score (nSPS) is 14.4. The average molecular weight is 145 g/mol. The van der Waals surface area contributed by atoms with Gasteiger partial charge in [-0.2, -0.15) is 0 Å². The minimum absolute atomic E-state index is 0.174. The summed E-state index contributed by atoms with van der Waals surface area (Å²) < 4.78 is 0. The second-order valence-corrected chi connectivity index (χ2v) is 3.74. The minimum Gasteiger partial charge on any atom is -0.312 e. The molecular formula is C7H19N3. The molecular weight excluding hydrogens is 126 g/mol. The van der Waals surface area contributed by atoms with Crippen molar-refractivity contribution in [1.29, 1.82) is 0 Å². The van der Waals surface area contributed by atoms with E-state index in [1.807, 2.05) is 39.8 Å². The molecule has 4 N–H and O–H groups in total. The van der Waals surface area contributed by atoms with E-state index in [4.69, 9.17) is 11.5 Å². The zero-order valence-electron chi connectivity index (χ0n) is 7.60. The van der Waals surface area contributed by atoms with Crippen LogP contribution in [0.15, 0.2) is 0 Å². The number of nitrogens with zero attached hydrogens (tertiary/aromatic N) is 1. The smallest absolute Gasteiger partial charge is 0.0791 e.